The van der Waals surface area contributed by atoms with Crippen molar-refractivity contribution in [2.45, 2.75) is 4.90 Å². The molecular weight excluding hydrogens is 456 g/mol. The van der Waals surface area contributed by atoms with Crippen molar-refractivity contribution in [2.75, 3.05) is 19.9 Å². The Morgan fingerprint density at radius 3 is 2.56 bits per heavy atom. The average molecular weight is 477 g/mol. The van der Waals surface area contributed by atoms with E-state index >= 15 is 0 Å². The van der Waals surface area contributed by atoms with Crippen LogP contribution in [0.5, 0.6) is 0 Å². The number of hydrogen-bond donors (Lipinski definition) is 1. The Hall–Kier alpha value is -3.50. The Bertz CT molecular complexity index is 1210. The largest absolute Gasteiger partial charge is 0.464 e. The normalized spacial score (nSPS) is 12.9. The van der Waals surface area contributed by atoms with Crippen molar-refractivity contribution in [3.8, 4) is 0 Å². The Morgan fingerprint density at radius 1 is 1.22 bits per heavy atom. The molecule has 0 saturated heterocycles. The zero-order valence-corrected chi connectivity index (χ0v) is 18.9. The van der Waals surface area contributed by atoms with Gasteiger partial charge >= 0.3 is 5.97 Å². The molecule has 0 aliphatic rings. The number of esters is 1. The van der Waals surface area contributed by atoms with Gasteiger partial charge in [0.15, 0.2) is 9.84 Å². The van der Waals surface area contributed by atoms with E-state index in [4.69, 9.17) is 22.2 Å². The molecule has 168 valence electrons. The van der Waals surface area contributed by atoms with E-state index in [1.165, 1.54) is 25.3 Å². The predicted octanol–water partition coefficient (Wildman–Crippen LogP) is 2.91. The van der Waals surface area contributed by atoms with E-state index in [0.29, 0.717) is 16.3 Å². The molecule has 0 aromatic heterocycles. The van der Waals surface area contributed by atoms with Crippen molar-refractivity contribution in [2.24, 2.45) is 20.9 Å². The zero-order valence-electron chi connectivity index (χ0n) is 17.4. The summed E-state index contributed by atoms with van der Waals surface area (Å²) in [4.78, 5) is 25.7. The minimum Gasteiger partial charge on any atom is -0.464 e. The Labute approximate surface area is 190 Å². The number of benzene rings is 2. The van der Waals surface area contributed by atoms with Crippen LogP contribution in [0.2, 0.25) is 5.02 Å². The van der Waals surface area contributed by atoms with E-state index in [9.17, 15) is 13.2 Å². The molecule has 0 heterocycles. The fraction of sp³-hybridized carbons (Fsp3) is 0.143. The van der Waals surface area contributed by atoms with Gasteiger partial charge in [0.2, 0.25) is 0 Å². The van der Waals surface area contributed by atoms with Crippen molar-refractivity contribution in [3.63, 3.8) is 0 Å². The van der Waals surface area contributed by atoms with Crippen LogP contribution in [-0.2, 0) is 24.2 Å². The molecular formula is C21H21ClN4O5S. The first-order valence-corrected chi connectivity index (χ1v) is 11.3. The van der Waals surface area contributed by atoms with Crippen molar-refractivity contribution in [1.29, 1.82) is 0 Å². The number of methoxy groups -OCH3 is 1. The van der Waals surface area contributed by atoms with Crippen LogP contribution in [0.4, 0.5) is 5.69 Å². The van der Waals surface area contributed by atoms with Gasteiger partial charge in [-0.1, -0.05) is 35.0 Å². The molecule has 2 aromatic rings. The first-order valence-electron chi connectivity index (χ1n) is 9.01. The highest BCUT2D eigenvalue weighted by atomic mass is 35.5. The summed E-state index contributed by atoms with van der Waals surface area (Å²) >= 11 is 6.17. The summed E-state index contributed by atoms with van der Waals surface area (Å²) < 4.78 is 28.3. The molecule has 9 nitrogen and oxygen atoms in total. The standard InChI is InChI=1S/C21H21ClN4O5S/c1-24-31-20(14-7-6-8-16(11-14)32(3,28)29)25-13-15(12-18(23)21(27)30-2)26-19-10-5-4-9-17(19)22/h4-12H,1,13,23H2,2-3H3/b18-12-,25-20?,26-15?. The van der Waals surface area contributed by atoms with E-state index in [1.54, 1.807) is 36.4 Å². The minimum atomic E-state index is -3.45. The highest BCUT2D eigenvalue weighted by molar-refractivity contribution is 7.90. The Kier molecular flexibility index (Phi) is 8.68. The van der Waals surface area contributed by atoms with Gasteiger partial charge < -0.3 is 15.3 Å². The molecule has 0 fully saturated rings. The van der Waals surface area contributed by atoms with Crippen molar-refractivity contribution < 1.29 is 22.8 Å². The lowest BCUT2D eigenvalue weighted by Gasteiger charge is -2.07. The quantitative estimate of drug-likeness (QED) is 0.205. The van der Waals surface area contributed by atoms with Crippen molar-refractivity contribution in [3.05, 3.63) is 70.9 Å². The van der Waals surface area contributed by atoms with E-state index in [-0.39, 0.29) is 28.7 Å². The van der Waals surface area contributed by atoms with E-state index in [0.717, 1.165) is 6.26 Å². The molecule has 11 heteroatoms. The fourth-order valence-corrected chi connectivity index (χ4v) is 3.26. The summed E-state index contributed by atoms with van der Waals surface area (Å²) in [6.07, 6.45) is 2.38. The van der Waals surface area contributed by atoms with Gasteiger partial charge in [-0.3, -0.25) is 0 Å². The topological polar surface area (TPSA) is 133 Å². The molecule has 0 aliphatic carbocycles. The molecule has 0 saturated carbocycles. The third kappa shape index (κ3) is 7.03. The lowest BCUT2D eigenvalue weighted by Crippen LogP contribution is -2.16. The SMILES string of the molecule is C=NOC(=NCC(/C=C(\N)C(=O)OC)=Nc1ccccc1Cl)c1cccc(S(C)(=O)=O)c1. The third-order valence-electron chi connectivity index (χ3n) is 3.90. The van der Waals surface area contributed by atoms with Gasteiger partial charge in [0.05, 0.1) is 35.0 Å². The maximum atomic E-state index is 11.9. The molecule has 2 N–H and O–H groups in total. The summed E-state index contributed by atoms with van der Waals surface area (Å²) in [7, 11) is -2.25. The van der Waals surface area contributed by atoms with E-state index in [2.05, 4.69) is 26.6 Å². The van der Waals surface area contributed by atoms with E-state index < -0.39 is 15.8 Å². The average Bonchev–Trinajstić information content (AvgIpc) is 2.76. The summed E-state index contributed by atoms with van der Waals surface area (Å²) in [5.41, 5.74) is 6.60. The van der Waals surface area contributed by atoms with Gasteiger partial charge in [0.1, 0.15) is 5.70 Å². The van der Waals surface area contributed by atoms with Gasteiger partial charge in [0, 0.05) is 18.5 Å². The van der Waals surface area contributed by atoms with Gasteiger partial charge in [-0.05, 0) is 36.4 Å². The van der Waals surface area contributed by atoms with Gasteiger partial charge in [0.25, 0.3) is 5.90 Å². The first kappa shape index (κ1) is 24.8. The molecule has 0 amide bonds. The number of nitrogens with zero attached hydrogens (tertiary/aromatic N) is 3. The molecule has 0 unspecified atom stereocenters. The molecule has 0 spiro atoms. The number of ether oxygens (including phenoxy) is 1. The number of para-hydroxylation sites is 1. The minimum absolute atomic E-state index is 0.0117. The van der Waals surface area contributed by atoms with Crippen molar-refractivity contribution in [1.82, 2.24) is 0 Å². The second-order valence-electron chi connectivity index (χ2n) is 6.29. The molecule has 0 aliphatic heterocycles. The number of hydrogen-bond acceptors (Lipinski definition) is 9. The van der Waals surface area contributed by atoms with Gasteiger partial charge in [-0.2, -0.15) is 0 Å². The lowest BCUT2D eigenvalue weighted by atomic mass is 10.2. The molecule has 0 radical (unpaired) electrons. The van der Waals surface area contributed by atoms with Crippen LogP contribution in [0, 0.1) is 0 Å². The maximum Gasteiger partial charge on any atom is 0.353 e. The highest BCUT2D eigenvalue weighted by Crippen LogP contribution is 2.24. The third-order valence-corrected chi connectivity index (χ3v) is 5.33. The maximum absolute atomic E-state index is 11.9. The summed E-state index contributed by atoms with van der Waals surface area (Å²) in [6.45, 7) is 3.16. The van der Waals surface area contributed by atoms with E-state index in [1.807, 2.05) is 0 Å². The van der Waals surface area contributed by atoms with Gasteiger partial charge in [-0.25, -0.2) is 23.2 Å². The number of carbonyl (C=O) groups is 1. The number of oxime groups is 1. The number of rotatable bonds is 8. The van der Waals surface area contributed by atoms with Crippen LogP contribution in [0.25, 0.3) is 0 Å². The monoisotopic (exact) mass is 476 g/mol. The Balaban J connectivity index is 2.51. The zero-order chi connectivity index (χ0) is 23.7. The van der Waals surface area contributed by atoms with Crippen LogP contribution in [0.3, 0.4) is 0 Å². The molecule has 32 heavy (non-hydrogen) atoms. The second-order valence-corrected chi connectivity index (χ2v) is 8.71. The smallest absolute Gasteiger partial charge is 0.353 e. The van der Waals surface area contributed by atoms with Crippen LogP contribution >= 0.6 is 11.6 Å². The highest BCUT2D eigenvalue weighted by Gasteiger charge is 2.13. The number of aliphatic imine (C=N–C) groups is 2. The predicted molar refractivity (Wildman–Crippen MR) is 124 cm³/mol. The van der Waals surface area contributed by atoms with Crippen LogP contribution < -0.4 is 5.73 Å². The summed E-state index contributed by atoms with van der Waals surface area (Å²) in [6, 6.07) is 12.8. The van der Waals surface area contributed by atoms with Crippen LogP contribution in [-0.4, -0.2) is 52.6 Å². The number of sulfone groups is 1. The van der Waals surface area contributed by atoms with Gasteiger partial charge in [-0.15, -0.1) is 0 Å². The lowest BCUT2D eigenvalue weighted by molar-refractivity contribution is -0.136. The fourth-order valence-electron chi connectivity index (χ4n) is 2.41. The van der Waals surface area contributed by atoms with Crippen LogP contribution in [0.15, 0.2) is 80.3 Å². The number of nitrogens with two attached hydrogens (primary N) is 1. The first-order chi connectivity index (χ1) is 15.2. The number of carbonyl (C=O) groups excluding carboxylic acids is 1. The molecule has 0 bridgehead atoms. The molecule has 2 rings (SSSR count). The molecule has 2 aromatic carbocycles. The number of halogens is 1. The Morgan fingerprint density at radius 2 is 1.94 bits per heavy atom. The molecule has 0 atom stereocenters. The summed E-state index contributed by atoms with van der Waals surface area (Å²) in [5.74, 6) is -0.756. The van der Waals surface area contributed by atoms with Crippen molar-refractivity contribution >= 4 is 51.4 Å². The van der Waals surface area contributed by atoms with Crippen LogP contribution in [0.1, 0.15) is 5.56 Å². The summed E-state index contributed by atoms with van der Waals surface area (Å²) in [5, 5.41) is 3.76. The second kappa shape index (κ2) is 11.2.